The van der Waals surface area contributed by atoms with Gasteiger partial charge in [0.15, 0.2) is 0 Å². The minimum absolute atomic E-state index is 0.312. The summed E-state index contributed by atoms with van der Waals surface area (Å²) in [7, 11) is -2.27. The van der Waals surface area contributed by atoms with E-state index in [9.17, 15) is 4.57 Å². The normalized spacial score (nSPS) is 13.1. The van der Waals surface area contributed by atoms with Gasteiger partial charge in [-0.15, -0.1) is 0 Å². The molecule has 0 aliphatic rings. The van der Waals surface area contributed by atoms with E-state index in [1.807, 2.05) is 0 Å². The van der Waals surface area contributed by atoms with E-state index >= 15 is 0 Å². The largest absolute Gasteiger partial charge is 0.328 e. The van der Waals surface area contributed by atoms with Gasteiger partial charge in [-0.05, 0) is 6.42 Å². The third-order valence-corrected chi connectivity index (χ3v) is 2.44. The number of hydrogen-bond acceptors (Lipinski definition) is 4. The zero-order valence-corrected chi connectivity index (χ0v) is 9.25. The van der Waals surface area contributed by atoms with Crippen LogP contribution in [0.4, 0.5) is 0 Å². The van der Waals surface area contributed by atoms with E-state index in [1.165, 1.54) is 12.8 Å². The fourth-order valence-corrected chi connectivity index (χ4v) is 1.55. The Morgan fingerprint density at radius 2 is 1.85 bits per heavy atom. The van der Waals surface area contributed by atoms with Crippen LogP contribution in [0.2, 0.25) is 0 Å². The van der Waals surface area contributed by atoms with Crippen molar-refractivity contribution in [3.8, 4) is 0 Å². The summed E-state index contributed by atoms with van der Waals surface area (Å²) in [6.45, 7) is 3.37. The minimum atomic E-state index is -2.27. The second-order valence-corrected chi connectivity index (χ2v) is 3.87. The van der Waals surface area contributed by atoms with Crippen LogP contribution in [0.1, 0.15) is 32.6 Å². The maximum Gasteiger partial charge on any atom is 0.319 e. The van der Waals surface area contributed by atoms with Crippen molar-refractivity contribution in [3.63, 3.8) is 0 Å². The number of unbranched alkanes of at least 4 members (excludes halogenated alkanes) is 3. The molecule has 5 heteroatoms. The summed E-state index contributed by atoms with van der Waals surface area (Å²) in [5, 5.41) is 0. The van der Waals surface area contributed by atoms with Gasteiger partial charge in [0.05, 0.1) is 13.2 Å². The van der Waals surface area contributed by atoms with Crippen LogP contribution < -0.4 is 5.73 Å². The van der Waals surface area contributed by atoms with Crippen LogP contribution in [0, 0.1) is 0 Å². The first-order chi connectivity index (χ1) is 6.31. The van der Waals surface area contributed by atoms with Gasteiger partial charge in [0.25, 0.3) is 0 Å². The summed E-state index contributed by atoms with van der Waals surface area (Å²) in [5.74, 6) is 0. The Kier molecular flexibility index (Phi) is 10.3. The first kappa shape index (κ1) is 13.1. The Bertz CT molecular complexity index is 133. The fraction of sp³-hybridized carbons (Fsp3) is 1.00. The van der Waals surface area contributed by atoms with Crippen LogP contribution in [0.25, 0.3) is 0 Å². The summed E-state index contributed by atoms with van der Waals surface area (Å²) in [6.07, 6.45) is 4.48. The van der Waals surface area contributed by atoms with E-state index in [0.29, 0.717) is 19.8 Å². The lowest BCUT2D eigenvalue weighted by Gasteiger charge is -2.03. The smallest absolute Gasteiger partial charge is 0.319 e. The average Bonchev–Trinajstić information content (AvgIpc) is 2.14. The molecule has 1 atom stereocenters. The Balaban J connectivity index is 3.08. The van der Waals surface area contributed by atoms with Gasteiger partial charge in [-0.2, -0.15) is 0 Å². The molecule has 0 bridgehead atoms. The summed E-state index contributed by atoms with van der Waals surface area (Å²) in [5.41, 5.74) is 5.17. The molecule has 0 aliphatic carbocycles. The second kappa shape index (κ2) is 10.2. The van der Waals surface area contributed by atoms with Gasteiger partial charge in [0, 0.05) is 6.54 Å². The van der Waals surface area contributed by atoms with Gasteiger partial charge in [-0.25, -0.2) is 0 Å². The molecule has 0 amide bonds. The highest BCUT2D eigenvalue weighted by atomic mass is 31.1. The molecule has 4 nitrogen and oxygen atoms in total. The number of rotatable bonds is 9. The number of hydrogen-bond donors (Lipinski definition) is 1. The monoisotopic (exact) mass is 209 g/mol. The van der Waals surface area contributed by atoms with Crippen LogP contribution in [0.3, 0.4) is 0 Å². The Morgan fingerprint density at radius 1 is 1.15 bits per heavy atom. The lowest BCUT2D eigenvalue weighted by atomic mass is 10.2. The highest BCUT2D eigenvalue weighted by Crippen LogP contribution is 2.23. The topological polar surface area (TPSA) is 61.5 Å². The summed E-state index contributed by atoms with van der Waals surface area (Å²) < 4.78 is 20.7. The first-order valence-electron chi connectivity index (χ1n) is 4.81. The lowest BCUT2D eigenvalue weighted by Crippen LogP contribution is -2.05. The van der Waals surface area contributed by atoms with Crippen molar-refractivity contribution in [3.05, 3.63) is 0 Å². The van der Waals surface area contributed by atoms with E-state index in [1.54, 1.807) is 0 Å². The van der Waals surface area contributed by atoms with Gasteiger partial charge >= 0.3 is 8.25 Å². The summed E-state index contributed by atoms with van der Waals surface area (Å²) in [6, 6.07) is 0. The minimum Gasteiger partial charge on any atom is -0.328 e. The van der Waals surface area contributed by atoms with Gasteiger partial charge in [0.2, 0.25) is 0 Å². The molecule has 13 heavy (non-hydrogen) atoms. The third kappa shape index (κ3) is 10.0. The average molecular weight is 209 g/mol. The van der Waals surface area contributed by atoms with Gasteiger partial charge in [-0.1, -0.05) is 26.2 Å². The molecule has 80 valence electrons. The van der Waals surface area contributed by atoms with Crippen molar-refractivity contribution in [2.75, 3.05) is 19.8 Å². The van der Waals surface area contributed by atoms with Crippen molar-refractivity contribution < 1.29 is 13.6 Å². The van der Waals surface area contributed by atoms with E-state index < -0.39 is 8.25 Å². The molecule has 0 heterocycles. The van der Waals surface area contributed by atoms with Crippen molar-refractivity contribution in [1.82, 2.24) is 0 Å². The van der Waals surface area contributed by atoms with Crippen molar-refractivity contribution in [2.24, 2.45) is 5.73 Å². The van der Waals surface area contributed by atoms with Crippen LogP contribution in [-0.4, -0.2) is 19.8 Å². The second-order valence-electron chi connectivity index (χ2n) is 2.80. The molecule has 0 radical (unpaired) electrons. The molecule has 0 spiro atoms. The summed E-state index contributed by atoms with van der Waals surface area (Å²) >= 11 is 0. The van der Waals surface area contributed by atoms with E-state index in [-0.39, 0.29) is 0 Å². The maximum absolute atomic E-state index is 10.9. The van der Waals surface area contributed by atoms with Crippen molar-refractivity contribution in [2.45, 2.75) is 32.6 Å². The van der Waals surface area contributed by atoms with Crippen LogP contribution in [0.5, 0.6) is 0 Å². The molecular formula is C8H20NO3P. The third-order valence-electron chi connectivity index (χ3n) is 1.56. The fourth-order valence-electron chi connectivity index (χ4n) is 0.868. The molecule has 0 saturated heterocycles. The van der Waals surface area contributed by atoms with Crippen molar-refractivity contribution >= 4 is 8.25 Å². The zero-order valence-electron chi connectivity index (χ0n) is 8.25. The van der Waals surface area contributed by atoms with Gasteiger partial charge in [-0.3, -0.25) is 4.57 Å². The highest BCUT2D eigenvalue weighted by molar-refractivity contribution is 7.33. The van der Waals surface area contributed by atoms with Crippen LogP contribution >= 0.6 is 8.25 Å². The lowest BCUT2D eigenvalue weighted by molar-refractivity contribution is 0.226. The number of nitrogens with two attached hydrogens (primary N) is 1. The molecule has 0 aliphatic heterocycles. The molecule has 0 aromatic carbocycles. The molecule has 0 saturated carbocycles. The van der Waals surface area contributed by atoms with E-state index in [2.05, 4.69) is 6.92 Å². The molecule has 0 aromatic rings. The predicted molar refractivity (Wildman–Crippen MR) is 54.1 cm³/mol. The van der Waals surface area contributed by atoms with Gasteiger partial charge < -0.3 is 14.8 Å². The molecule has 0 rings (SSSR count). The maximum atomic E-state index is 10.9. The SMILES string of the molecule is CCCCCCO[PH](=O)OCCN. The standard InChI is InChI=1S/C8H20NO3P/c1-2-3-4-5-7-11-13(10)12-8-6-9/h13H,2-9H2,1H3. The molecule has 0 fully saturated rings. The quantitative estimate of drug-likeness (QED) is 0.465. The predicted octanol–water partition coefficient (Wildman–Crippen LogP) is 1.95. The van der Waals surface area contributed by atoms with Gasteiger partial charge in [0.1, 0.15) is 0 Å². The Labute approximate surface area is 80.7 Å². The highest BCUT2D eigenvalue weighted by Gasteiger charge is 1.97. The molecule has 1 unspecified atom stereocenters. The summed E-state index contributed by atoms with van der Waals surface area (Å²) in [4.78, 5) is 0. The molecular weight excluding hydrogens is 189 g/mol. The van der Waals surface area contributed by atoms with Crippen LogP contribution in [-0.2, 0) is 13.6 Å². The van der Waals surface area contributed by atoms with Crippen LogP contribution in [0.15, 0.2) is 0 Å². The molecule has 0 aromatic heterocycles. The Hall–Kier alpha value is 0.110. The Morgan fingerprint density at radius 3 is 2.46 bits per heavy atom. The van der Waals surface area contributed by atoms with E-state index in [0.717, 1.165) is 12.8 Å². The first-order valence-corrected chi connectivity index (χ1v) is 6.03. The van der Waals surface area contributed by atoms with Crippen molar-refractivity contribution in [1.29, 1.82) is 0 Å². The zero-order chi connectivity index (χ0) is 9.94. The van der Waals surface area contributed by atoms with E-state index in [4.69, 9.17) is 14.8 Å². The molecule has 2 N–H and O–H groups in total.